The van der Waals surface area contributed by atoms with E-state index in [1.54, 1.807) is 13.8 Å². The van der Waals surface area contributed by atoms with Crippen LogP contribution in [0.1, 0.15) is 25.5 Å². The highest BCUT2D eigenvalue weighted by Gasteiger charge is 2.11. The number of benzene rings is 1. The zero-order valence-electron chi connectivity index (χ0n) is 9.77. The smallest absolute Gasteiger partial charge is 0.316 e. The quantitative estimate of drug-likeness (QED) is 0.669. The summed E-state index contributed by atoms with van der Waals surface area (Å²) in [7, 11) is 0. The molecule has 1 atom stereocenters. The molecule has 1 rings (SSSR count). The number of esters is 1. The second kappa shape index (κ2) is 7.03. The highest BCUT2D eigenvalue weighted by atomic mass is 79.9. The molecule has 3 nitrogen and oxygen atoms in total. The standard InChI is InChI=1S/C12H15BrO3S/c1-3-16-12(15)7-17-11-6-9(13)4-5-10(11)8(2)14/h4-6,8,14H,3,7H2,1-2H3. The van der Waals surface area contributed by atoms with Crippen LogP contribution in [0.15, 0.2) is 27.6 Å². The molecule has 0 radical (unpaired) electrons. The molecule has 0 aliphatic carbocycles. The van der Waals surface area contributed by atoms with Gasteiger partial charge < -0.3 is 9.84 Å². The van der Waals surface area contributed by atoms with Crippen molar-refractivity contribution in [1.82, 2.24) is 0 Å². The second-order valence-electron chi connectivity index (χ2n) is 3.45. The van der Waals surface area contributed by atoms with Gasteiger partial charge in [0, 0.05) is 9.37 Å². The molecular formula is C12H15BrO3S. The maximum atomic E-state index is 11.3. The lowest BCUT2D eigenvalue weighted by Crippen LogP contribution is -2.07. The maximum Gasteiger partial charge on any atom is 0.316 e. The third-order valence-electron chi connectivity index (χ3n) is 2.08. The van der Waals surface area contributed by atoms with Crippen molar-refractivity contribution in [2.24, 2.45) is 0 Å². The molecule has 0 saturated heterocycles. The largest absolute Gasteiger partial charge is 0.465 e. The number of aliphatic hydroxyl groups is 1. The number of rotatable bonds is 5. The topological polar surface area (TPSA) is 46.5 Å². The first-order valence-corrected chi connectivity index (χ1v) is 7.08. The third kappa shape index (κ3) is 4.69. The number of carbonyl (C=O) groups excluding carboxylic acids is 1. The van der Waals surface area contributed by atoms with Gasteiger partial charge in [-0.15, -0.1) is 11.8 Å². The summed E-state index contributed by atoms with van der Waals surface area (Å²) in [5, 5.41) is 9.62. The first kappa shape index (κ1) is 14.5. The summed E-state index contributed by atoms with van der Waals surface area (Å²) < 4.78 is 5.78. The van der Waals surface area contributed by atoms with Crippen LogP contribution in [0.5, 0.6) is 0 Å². The summed E-state index contributed by atoms with van der Waals surface area (Å²) in [5.41, 5.74) is 0.822. The van der Waals surface area contributed by atoms with Crippen LogP contribution in [-0.2, 0) is 9.53 Å². The molecule has 1 N–H and O–H groups in total. The summed E-state index contributed by atoms with van der Waals surface area (Å²) in [6.45, 7) is 3.88. The minimum atomic E-state index is -0.548. The van der Waals surface area contributed by atoms with Gasteiger partial charge in [0.2, 0.25) is 0 Å². The minimum Gasteiger partial charge on any atom is -0.465 e. The maximum absolute atomic E-state index is 11.3. The predicted octanol–water partition coefficient (Wildman–Crippen LogP) is 3.16. The first-order valence-electron chi connectivity index (χ1n) is 5.30. The van der Waals surface area contributed by atoms with Gasteiger partial charge in [-0.1, -0.05) is 22.0 Å². The minimum absolute atomic E-state index is 0.242. The molecule has 0 aliphatic heterocycles. The summed E-state index contributed by atoms with van der Waals surface area (Å²) in [6.07, 6.45) is -0.548. The van der Waals surface area contributed by atoms with Crippen LogP contribution < -0.4 is 0 Å². The molecule has 0 aromatic heterocycles. The van der Waals surface area contributed by atoms with E-state index in [0.29, 0.717) is 6.61 Å². The summed E-state index contributed by atoms with van der Waals surface area (Å²) in [5.74, 6) is 0.0123. The highest BCUT2D eigenvalue weighted by Crippen LogP contribution is 2.30. The van der Waals surface area contributed by atoms with Crippen LogP contribution in [-0.4, -0.2) is 23.4 Å². The Kier molecular flexibility index (Phi) is 6.02. The van der Waals surface area contributed by atoms with Crippen molar-refractivity contribution < 1.29 is 14.6 Å². The lowest BCUT2D eigenvalue weighted by atomic mass is 10.1. The van der Waals surface area contributed by atoms with Crippen LogP contribution in [0.25, 0.3) is 0 Å². The van der Waals surface area contributed by atoms with E-state index in [1.165, 1.54) is 11.8 Å². The van der Waals surface area contributed by atoms with Crippen molar-refractivity contribution >= 4 is 33.7 Å². The molecule has 94 valence electrons. The zero-order valence-corrected chi connectivity index (χ0v) is 12.2. The Hall–Kier alpha value is -0.520. The van der Waals surface area contributed by atoms with E-state index in [0.717, 1.165) is 14.9 Å². The monoisotopic (exact) mass is 318 g/mol. The fourth-order valence-electron chi connectivity index (χ4n) is 1.32. The van der Waals surface area contributed by atoms with Gasteiger partial charge in [-0.3, -0.25) is 4.79 Å². The summed E-state index contributed by atoms with van der Waals surface area (Å²) in [6, 6.07) is 5.62. The molecule has 17 heavy (non-hydrogen) atoms. The SMILES string of the molecule is CCOC(=O)CSc1cc(Br)ccc1C(C)O. The van der Waals surface area contributed by atoms with Gasteiger partial charge in [0.1, 0.15) is 0 Å². The number of hydrogen-bond acceptors (Lipinski definition) is 4. The molecule has 0 fully saturated rings. The van der Waals surface area contributed by atoms with Gasteiger partial charge in [-0.25, -0.2) is 0 Å². The number of halogens is 1. The Morgan fingerprint density at radius 1 is 1.59 bits per heavy atom. The van der Waals surface area contributed by atoms with Gasteiger partial charge in [0.15, 0.2) is 0 Å². The molecule has 0 saturated carbocycles. The van der Waals surface area contributed by atoms with Crippen LogP contribution >= 0.6 is 27.7 Å². The molecule has 0 bridgehead atoms. The van der Waals surface area contributed by atoms with E-state index < -0.39 is 6.10 Å². The molecule has 0 spiro atoms. The van der Waals surface area contributed by atoms with Crippen molar-refractivity contribution in [2.75, 3.05) is 12.4 Å². The third-order valence-corrected chi connectivity index (χ3v) is 3.61. The van der Waals surface area contributed by atoms with Gasteiger partial charge in [-0.05, 0) is 31.5 Å². The van der Waals surface area contributed by atoms with Gasteiger partial charge in [0.25, 0.3) is 0 Å². The number of hydrogen-bond donors (Lipinski definition) is 1. The molecule has 0 heterocycles. The number of carbonyl (C=O) groups is 1. The van der Waals surface area contributed by atoms with Gasteiger partial charge >= 0.3 is 5.97 Å². The fourth-order valence-corrected chi connectivity index (χ4v) is 2.80. The van der Waals surface area contributed by atoms with Crippen molar-refractivity contribution in [2.45, 2.75) is 24.8 Å². The van der Waals surface area contributed by atoms with Crippen LogP contribution in [0, 0.1) is 0 Å². The van der Waals surface area contributed by atoms with Crippen LogP contribution in [0.2, 0.25) is 0 Å². The molecule has 0 aliphatic rings. The van der Waals surface area contributed by atoms with E-state index in [1.807, 2.05) is 18.2 Å². The van der Waals surface area contributed by atoms with Crippen LogP contribution in [0.4, 0.5) is 0 Å². The van der Waals surface area contributed by atoms with Crippen LogP contribution in [0.3, 0.4) is 0 Å². The molecular weight excluding hydrogens is 304 g/mol. The van der Waals surface area contributed by atoms with Crippen molar-refractivity contribution in [1.29, 1.82) is 0 Å². The van der Waals surface area contributed by atoms with Crippen molar-refractivity contribution in [3.05, 3.63) is 28.2 Å². The normalized spacial score (nSPS) is 12.2. The van der Waals surface area contributed by atoms with Crippen molar-refractivity contribution in [3.63, 3.8) is 0 Å². The van der Waals surface area contributed by atoms with E-state index in [2.05, 4.69) is 15.9 Å². The summed E-state index contributed by atoms with van der Waals surface area (Å²) >= 11 is 4.75. The number of ether oxygens (including phenoxy) is 1. The molecule has 1 aromatic carbocycles. The second-order valence-corrected chi connectivity index (χ2v) is 5.38. The van der Waals surface area contributed by atoms with Crippen molar-refractivity contribution in [3.8, 4) is 0 Å². The average molecular weight is 319 g/mol. The zero-order chi connectivity index (χ0) is 12.8. The lowest BCUT2D eigenvalue weighted by Gasteiger charge is -2.11. The Morgan fingerprint density at radius 2 is 2.29 bits per heavy atom. The molecule has 1 unspecified atom stereocenters. The molecule has 5 heteroatoms. The van der Waals surface area contributed by atoms with E-state index >= 15 is 0 Å². The van der Waals surface area contributed by atoms with Gasteiger partial charge in [0.05, 0.1) is 18.5 Å². The first-order chi connectivity index (χ1) is 8.04. The lowest BCUT2D eigenvalue weighted by molar-refractivity contribution is -0.139. The van der Waals surface area contributed by atoms with E-state index in [4.69, 9.17) is 4.74 Å². The number of aliphatic hydroxyl groups excluding tert-OH is 1. The Labute approximate surface area is 114 Å². The Bertz CT molecular complexity index is 393. The average Bonchev–Trinajstić information content (AvgIpc) is 2.26. The number of thioether (sulfide) groups is 1. The predicted molar refractivity (Wildman–Crippen MR) is 72.1 cm³/mol. The van der Waals surface area contributed by atoms with Gasteiger partial charge in [-0.2, -0.15) is 0 Å². The van der Waals surface area contributed by atoms with E-state index in [-0.39, 0.29) is 11.7 Å². The summed E-state index contributed by atoms with van der Waals surface area (Å²) in [4.78, 5) is 12.2. The Balaban J connectivity index is 2.75. The highest BCUT2D eigenvalue weighted by molar-refractivity contribution is 9.10. The Morgan fingerprint density at radius 3 is 2.88 bits per heavy atom. The molecule has 1 aromatic rings. The molecule has 0 amide bonds. The van der Waals surface area contributed by atoms with E-state index in [9.17, 15) is 9.90 Å². The fraction of sp³-hybridized carbons (Fsp3) is 0.417.